The molecule has 0 aliphatic heterocycles. The van der Waals surface area contributed by atoms with Gasteiger partial charge in [-0.1, -0.05) is 29.8 Å². The molecule has 1 amide bonds. The molecule has 1 atom stereocenters. The third-order valence-electron chi connectivity index (χ3n) is 2.63. The Hall–Kier alpha value is -1.63. The van der Waals surface area contributed by atoms with Crippen LogP contribution in [0.4, 0.5) is 8.78 Å². The highest BCUT2D eigenvalue weighted by atomic mass is 32.2. The van der Waals surface area contributed by atoms with Crippen molar-refractivity contribution in [2.24, 2.45) is 0 Å². The Kier molecular flexibility index (Phi) is 7.14. The quantitative estimate of drug-likeness (QED) is 0.773. The van der Waals surface area contributed by atoms with Crippen molar-refractivity contribution in [1.29, 1.82) is 0 Å². The Morgan fingerprint density at radius 2 is 2.10 bits per heavy atom. The van der Waals surface area contributed by atoms with Gasteiger partial charge in [0, 0.05) is 12.2 Å². The molecule has 0 saturated carbocycles. The molecular weight excluding hydrogens is 300 g/mol. The first-order chi connectivity index (χ1) is 9.88. The lowest BCUT2D eigenvalue weighted by Crippen LogP contribution is -2.42. The summed E-state index contributed by atoms with van der Waals surface area (Å²) in [4.78, 5) is 22.3. The van der Waals surface area contributed by atoms with Gasteiger partial charge in [0.25, 0.3) is 0 Å². The summed E-state index contributed by atoms with van der Waals surface area (Å²) in [6.07, 6.45) is -3.66. The second-order valence-electron chi connectivity index (χ2n) is 4.57. The Morgan fingerprint density at radius 3 is 2.67 bits per heavy atom. The van der Waals surface area contributed by atoms with Crippen LogP contribution in [0.1, 0.15) is 17.5 Å². The van der Waals surface area contributed by atoms with Crippen molar-refractivity contribution < 1.29 is 23.5 Å². The number of halogens is 2. The summed E-state index contributed by atoms with van der Waals surface area (Å²) in [5.41, 5.74) is 2.16. The molecule has 7 heteroatoms. The van der Waals surface area contributed by atoms with Gasteiger partial charge in [0.05, 0.1) is 5.75 Å². The normalized spacial score (nSPS) is 12.2. The minimum absolute atomic E-state index is 0.0287. The Morgan fingerprint density at radius 1 is 1.38 bits per heavy atom. The van der Waals surface area contributed by atoms with Crippen molar-refractivity contribution in [2.75, 3.05) is 5.75 Å². The summed E-state index contributed by atoms with van der Waals surface area (Å²) >= 11 is 1.30. The van der Waals surface area contributed by atoms with E-state index in [1.807, 2.05) is 31.2 Å². The monoisotopic (exact) mass is 317 g/mol. The van der Waals surface area contributed by atoms with E-state index in [2.05, 4.69) is 5.32 Å². The first-order valence-electron chi connectivity index (χ1n) is 6.32. The molecule has 0 spiro atoms. The number of amides is 1. The van der Waals surface area contributed by atoms with Crippen molar-refractivity contribution in [2.45, 2.75) is 31.6 Å². The zero-order valence-electron chi connectivity index (χ0n) is 11.5. The van der Waals surface area contributed by atoms with Crippen LogP contribution >= 0.6 is 11.8 Å². The minimum atomic E-state index is -2.77. The van der Waals surface area contributed by atoms with E-state index in [9.17, 15) is 18.4 Å². The lowest BCUT2D eigenvalue weighted by Gasteiger charge is -2.13. The highest BCUT2D eigenvalue weighted by molar-refractivity contribution is 7.99. The van der Waals surface area contributed by atoms with Crippen molar-refractivity contribution >= 4 is 23.6 Å². The number of alkyl halides is 2. The average molecular weight is 317 g/mol. The molecule has 1 aromatic carbocycles. The van der Waals surface area contributed by atoms with Gasteiger partial charge in [-0.15, -0.1) is 11.8 Å². The van der Waals surface area contributed by atoms with Crippen molar-refractivity contribution in [3.05, 3.63) is 35.4 Å². The van der Waals surface area contributed by atoms with Crippen LogP contribution in [0.2, 0.25) is 0 Å². The van der Waals surface area contributed by atoms with Crippen LogP contribution in [0, 0.1) is 6.92 Å². The lowest BCUT2D eigenvalue weighted by molar-refractivity contribution is -0.142. The van der Waals surface area contributed by atoms with E-state index >= 15 is 0 Å². The molecule has 0 radical (unpaired) electrons. The fourth-order valence-corrected chi connectivity index (χ4v) is 2.49. The van der Waals surface area contributed by atoms with E-state index in [1.54, 1.807) is 0 Å². The predicted octanol–water partition coefficient (Wildman–Crippen LogP) is 2.45. The standard InChI is InChI=1S/C14H17F2NO3S/c1-9-3-2-4-10(5-9)7-21-8-13(18)17-11(14(19)20)6-12(15)16/h2-5,11-12H,6-8H2,1H3,(H,17,18)(H,19,20). The summed E-state index contributed by atoms with van der Waals surface area (Å²) in [7, 11) is 0. The van der Waals surface area contributed by atoms with Gasteiger partial charge in [0.15, 0.2) is 0 Å². The van der Waals surface area contributed by atoms with Crippen LogP contribution in [-0.2, 0) is 15.3 Å². The number of carbonyl (C=O) groups is 2. The third-order valence-corrected chi connectivity index (χ3v) is 3.64. The van der Waals surface area contributed by atoms with Crippen LogP contribution < -0.4 is 5.32 Å². The fraction of sp³-hybridized carbons (Fsp3) is 0.429. The Balaban J connectivity index is 2.37. The Labute approximate surface area is 125 Å². The third kappa shape index (κ3) is 7.08. The zero-order chi connectivity index (χ0) is 15.8. The second kappa shape index (κ2) is 8.61. The van der Waals surface area contributed by atoms with Gasteiger partial charge in [0.2, 0.25) is 12.3 Å². The summed E-state index contributed by atoms with van der Waals surface area (Å²) < 4.78 is 24.4. The molecule has 0 bridgehead atoms. The maximum absolute atomic E-state index is 12.2. The molecule has 1 rings (SSSR count). The number of thioether (sulfide) groups is 1. The molecule has 0 aromatic heterocycles. The number of rotatable bonds is 8. The first kappa shape index (κ1) is 17.4. The van der Waals surface area contributed by atoms with Crippen molar-refractivity contribution in [1.82, 2.24) is 5.32 Å². The summed E-state index contributed by atoms with van der Waals surface area (Å²) in [6.45, 7) is 1.96. The minimum Gasteiger partial charge on any atom is -0.480 e. The summed E-state index contributed by atoms with van der Waals surface area (Å²) in [5.74, 6) is -1.38. The number of aryl methyl sites for hydroxylation is 1. The van der Waals surface area contributed by atoms with Crippen LogP contribution in [0.25, 0.3) is 0 Å². The number of hydrogen-bond donors (Lipinski definition) is 2. The molecular formula is C14H17F2NO3S. The van der Waals surface area contributed by atoms with E-state index < -0.39 is 30.8 Å². The maximum Gasteiger partial charge on any atom is 0.326 e. The lowest BCUT2D eigenvalue weighted by atomic mass is 10.2. The highest BCUT2D eigenvalue weighted by Gasteiger charge is 2.23. The van der Waals surface area contributed by atoms with Crippen LogP contribution in [0.5, 0.6) is 0 Å². The average Bonchev–Trinajstić information content (AvgIpc) is 2.37. The molecule has 2 N–H and O–H groups in total. The number of carboxylic acids is 1. The van der Waals surface area contributed by atoms with Gasteiger partial charge < -0.3 is 10.4 Å². The topological polar surface area (TPSA) is 66.4 Å². The number of carbonyl (C=O) groups excluding carboxylic acids is 1. The van der Waals surface area contributed by atoms with Gasteiger partial charge in [-0.05, 0) is 12.5 Å². The molecule has 0 fully saturated rings. The molecule has 0 saturated heterocycles. The highest BCUT2D eigenvalue weighted by Crippen LogP contribution is 2.13. The predicted molar refractivity (Wildman–Crippen MR) is 77.5 cm³/mol. The molecule has 0 heterocycles. The molecule has 1 aromatic rings. The zero-order valence-corrected chi connectivity index (χ0v) is 12.3. The maximum atomic E-state index is 12.2. The smallest absolute Gasteiger partial charge is 0.326 e. The largest absolute Gasteiger partial charge is 0.480 e. The van der Waals surface area contributed by atoms with Gasteiger partial charge >= 0.3 is 5.97 Å². The summed E-state index contributed by atoms with van der Waals surface area (Å²) in [5, 5.41) is 10.9. The van der Waals surface area contributed by atoms with Crippen LogP contribution in [0.3, 0.4) is 0 Å². The first-order valence-corrected chi connectivity index (χ1v) is 7.47. The van der Waals surface area contributed by atoms with E-state index in [0.717, 1.165) is 11.1 Å². The fourth-order valence-electron chi connectivity index (χ4n) is 1.70. The molecule has 0 aliphatic carbocycles. The second-order valence-corrected chi connectivity index (χ2v) is 5.55. The van der Waals surface area contributed by atoms with E-state index in [0.29, 0.717) is 5.75 Å². The van der Waals surface area contributed by atoms with Gasteiger partial charge in [-0.25, -0.2) is 13.6 Å². The number of carboxylic acid groups (broad SMARTS) is 1. The Bertz CT molecular complexity index is 497. The van der Waals surface area contributed by atoms with Gasteiger partial charge in [-0.3, -0.25) is 4.79 Å². The number of benzene rings is 1. The molecule has 1 unspecified atom stereocenters. The van der Waals surface area contributed by atoms with E-state index in [-0.39, 0.29) is 5.75 Å². The molecule has 4 nitrogen and oxygen atoms in total. The van der Waals surface area contributed by atoms with Crippen LogP contribution in [0.15, 0.2) is 24.3 Å². The summed E-state index contributed by atoms with van der Waals surface area (Å²) in [6, 6.07) is 6.24. The molecule has 116 valence electrons. The van der Waals surface area contributed by atoms with E-state index in [4.69, 9.17) is 5.11 Å². The SMILES string of the molecule is Cc1cccc(CSCC(=O)NC(CC(F)F)C(=O)O)c1. The number of aliphatic carboxylic acids is 1. The molecule has 0 aliphatic rings. The van der Waals surface area contributed by atoms with Crippen LogP contribution in [-0.4, -0.2) is 35.2 Å². The van der Waals surface area contributed by atoms with Gasteiger partial charge in [-0.2, -0.15) is 0 Å². The number of nitrogens with one attached hydrogen (secondary N) is 1. The van der Waals surface area contributed by atoms with E-state index in [1.165, 1.54) is 11.8 Å². The molecule has 21 heavy (non-hydrogen) atoms. The number of hydrogen-bond acceptors (Lipinski definition) is 3. The van der Waals surface area contributed by atoms with Crippen molar-refractivity contribution in [3.8, 4) is 0 Å². The van der Waals surface area contributed by atoms with Gasteiger partial charge in [0.1, 0.15) is 6.04 Å². The van der Waals surface area contributed by atoms with Crippen molar-refractivity contribution in [3.63, 3.8) is 0 Å².